The molecule has 1 rings (SSSR count). The van der Waals surface area contributed by atoms with Crippen molar-refractivity contribution in [2.45, 2.75) is 39.2 Å². The predicted molar refractivity (Wildman–Crippen MR) is 72.7 cm³/mol. The van der Waals surface area contributed by atoms with E-state index < -0.39 is 29.2 Å². The topological polar surface area (TPSA) is 80.7 Å². The molecular formula is C15H18O5. The van der Waals surface area contributed by atoms with Gasteiger partial charge in [0.2, 0.25) is 0 Å². The van der Waals surface area contributed by atoms with Crippen molar-refractivity contribution in [3.8, 4) is 0 Å². The number of hydrogen-bond donors (Lipinski definition) is 1. The van der Waals surface area contributed by atoms with Crippen molar-refractivity contribution in [2.75, 3.05) is 0 Å². The van der Waals surface area contributed by atoms with Crippen molar-refractivity contribution in [1.82, 2.24) is 0 Å². The molecule has 0 aromatic heterocycles. The Morgan fingerprint density at radius 3 is 2.15 bits per heavy atom. The lowest BCUT2D eigenvalue weighted by Gasteiger charge is -2.23. The zero-order valence-corrected chi connectivity index (χ0v) is 12.0. The van der Waals surface area contributed by atoms with E-state index in [9.17, 15) is 14.4 Å². The van der Waals surface area contributed by atoms with Gasteiger partial charge in [-0.15, -0.1) is 0 Å². The smallest absolute Gasteiger partial charge is 0.336 e. The summed E-state index contributed by atoms with van der Waals surface area (Å²) in [5.41, 5.74) is -0.663. The largest absolute Gasteiger partial charge is 0.478 e. The molecule has 108 valence electrons. The molecule has 20 heavy (non-hydrogen) atoms. The molecule has 0 amide bonds. The number of carbonyl (C=O) groups is 3. The second kappa shape index (κ2) is 5.86. The van der Waals surface area contributed by atoms with E-state index in [0.717, 1.165) is 0 Å². The summed E-state index contributed by atoms with van der Waals surface area (Å²) in [5, 5.41) is 9.15. The first kappa shape index (κ1) is 15.9. The Morgan fingerprint density at radius 2 is 1.70 bits per heavy atom. The van der Waals surface area contributed by atoms with E-state index >= 15 is 0 Å². The Balaban J connectivity index is 3.26. The molecule has 0 aliphatic heterocycles. The highest BCUT2D eigenvalue weighted by Gasteiger charge is 2.32. The van der Waals surface area contributed by atoms with Gasteiger partial charge >= 0.3 is 11.9 Å². The minimum atomic E-state index is -1.22. The first-order valence-electron chi connectivity index (χ1n) is 6.19. The van der Waals surface area contributed by atoms with Gasteiger partial charge in [-0.2, -0.15) is 0 Å². The Bertz CT molecular complexity index is 539. The van der Waals surface area contributed by atoms with Gasteiger partial charge in [-0.1, -0.05) is 18.2 Å². The van der Waals surface area contributed by atoms with Gasteiger partial charge in [0.15, 0.2) is 0 Å². The average Bonchev–Trinajstić information content (AvgIpc) is 2.26. The van der Waals surface area contributed by atoms with Crippen LogP contribution in [0, 0.1) is 0 Å². The van der Waals surface area contributed by atoms with Crippen molar-refractivity contribution in [1.29, 1.82) is 0 Å². The number of carboxylic acid groups (broad SMARTS) is 1. The molecule has 1 aromatic rings. The van der Waals surface area contributed by atoms with Gasteiger partial charge in [-0.25, -0.2) is 4.79 Å². The Labute approximate surface area is 117 Å². The standard InChI is InChI=1S/C15H18O5/c1-9(16)12(14(19)20-15(2,3)4)10-7-5-6-8-11(10)13(17)18/h5-8,12H,1-4H3,(H,17,18). The fourth-order valence-electron chi connectivity index (χ4n) is 1.82. The highest BCUT2D eigenvalue weighted by molar-refractivity contribution is 6.06. The second-order valence-electron chi connectivity index (χ2n) is 5.47. The van der Waals surface area contributed by atoms with Crippen molar-refractivity contribution >= 4 is 17.7 Å². The molecule has 1 atom stereocenters. The SMILES string of the molecule is CC(=O)C(C(=O)OC(C)(C)C)c1ccccc1C(=O)O. The van der Waals surface area contributed by atoms with Crippen molar-refractivity contribution in [3.63, 3.8) is 0 Å². The molecule has 1 aromatic carbocycles. The molecule has 0 aliphatic carbocycles. The summed E-state index contributed by atoms with van der Waals surface area (Å²) in [4.78, 5) is 35.1. The maximum absolute atomic E-state index is 12.1. The molecule has 1 N–H and O–H groups in total. The third-order valence-electron chi connectivity index (χ3n) is 2.55. The van der Waals surface area contributed by atoms with Crippen LogP contribution in [0.15, 0.2) is 24.3 Å². The molecule has 0 aliphatic rings. The van der Waals surface area contributed by atoms with Crippen LogP contribution in [0.4, 0.5) is 0 Å². The van der Waals surface area contributed by atoms with Gasteiger partial charge in [0.05, 0.1) is 5.56 Å². The van der Waals surface area contributed by atoms with E-state index in [4.69, 9.17) is 9.84 Å². The Hall–Kier alpha value is -2.17. The van der Waals surface area contributed by atoms with E-state index in [1.54, 1.807) is 32.9 Å². The summed E-state index contributed by atoms with van der Waals surface area (Å²) in [6, 6.07) is 5.94. The maximum atomic E-state index is 12.1. The van der Waals surface area contributed by atoms with Crippen LogP contribution in [-0.2, 0) is 14.3 Å². The van der Waals surface area contributed by atoms with Gasteiger partial charge in [0, 0.05) is 0 Å². The van der Waals surface area contributed by atoms with Crippen LogP contribution in [0.5, 0.6) is 0 Å². The van der Waals surface area contributed by atoms with E-state index in [1.165, 1.54) is 19.1 Å². The maximum Gasteiger partial charge on any atom is 0.336 e. The predicted octanol–water partition coefficient (Wildman–Crippen LogP) is 2.40. The molecule has 0 spiro atoms. The Kier molecular flexibility index (Phi) is 4.65. The highest BCUT2D eigenvalue weighted by atomic mass is 16.6. The first-order valence-corrected chi connectivity index (χ1v) is 6.19. The molecule has 5 nitrogen and oxygen atoms in total. The number of ketones is 1. The van der Waals surface area contributed by atoms with Crippen LogP contribution in [0.1, 0.15) is 49.5 Å². The normalized spacial score (nSPS) is 12.6. The van der Waals surface area contributed by atoms with Crippen LogP contribution in [0.3, 0.4) is 0 Å². The second-order valence-corrected chi connectivity index (χ2v) is 5.47. The van der Waals surface area contributed by atoms with Crippen LogP contribution < -0.4 is 0 Å². The lowest BCUT2D eigenvalue weighted by atomic mass is 9.91. The van der Waals surface area contributed by atoms with E-state index in [-0.39, 0.29) is 11.1 Å². The summed E-state index contributed by atoms with van der Waals surface area (Å²) in [5.74, 6) is -3.59. The summed E-state index contributed by atoms with van der Waals surface area (Å²) < 4.78 is 5.20. The molecule has 0 radical (unpaired) electrons. The molecule has 1 unspecified atom stereocenters. The number of rotatable bonds is 4. The molecule has 0 saturated heterocycles. The van der Waals surface area contributed by atoms with E-state index in [0.29, 0.717) is 0 Å². The van der Waals surface area contributed by atoms with Gasteiger partial charge in [-0.05, 0) is 39.3 Å². The average molecular weight is 278 g/mol. The van der Waals surface area contributed by atoms with Gasteiger partial charge in [0.25, 0.3) is 0 Å². The van der Waals surface area contributed by atoms with Crippen LogP contribution >= 0.6 is 0 Å². The molecular weight excluding hydrogens is 260 g/mol. The summed E-state index contributed by atoms with van der Waals surface area (Å²) >= 11 is 0. The van der Waals surface area contributed by atoms with Crippen molar-refractivity contribution in [2.24, 2.45) is 0 Å². The molecule has 0 fully saturated rings. The van der Waals surface area contributed by atoms with Gasteiger partial charge < -0.3 is 9.84 Å². The van der Waals surface area contributed by atoms with Gasteiger partial charge in [-0.3, -0.25) is 9.59 Å². The summed E-state index contributed by atoms with van der Waals surface area (Å²) in [6.07, 6.45) is 0. The number of Topliss-reactive ketones (excluding diaryl/α,β-unsaturated/α-hetero) is 1. The molecule has 5 heteroatoms. The molecule has 0 heterocycles. The van der Waals surface area contributed by atoms with Crippen LogP contribution in [0.2, 0.25) is 0 Å². The minimum absolute atomic E-state index is 0.0708. The van der Waals surface area contributed by atoms with Crippen LogP contribution in [0.25, 0.3) is 0 Å². The zero-order chi connectivity index (χ0) is 15.5. The summed E-state index contributed by atoms with van der Waals surface area (Å²) in [7, 11) is 0. The lowest BCUT2D eigenvalue weighted by molar-refractivity contribution is -0.158. The number of carboxylic acids is 1. The third-order valence-corrected chi connectivity index (χ3v) is 2.55. The zero-order valence-electron chi connectivity index (χ0n) is 12.0. The fourth-order valence-corrected chi connectivity index (χ4v) is 1.82. The van der Waals surface area contributed by atoms with Crippen LogP contribution in [-0.4, -0.2) is 28.4 Å². The number of benzene rings is 1. The Morgan fingerprint density at radius 1 is 1.15 bits per heavy atom. The summed E-state index contributed by atoms with van der Waals surface area (Å²) in [6.45, 7) is 6.30. The first-order chi connectivity index (χ1) is 9.13. The van der Waals surface area contributed by atoms with Gasteiger partial charge in [0.1, 0.15) is 17.3 Å². The van der Waals surface area contributed by atoms with E-state index in [1.807, 2.05) is 0 Å². The number of aromatic carboxylic acids is 1. The molecule has 0 saturated carbocycles. The third kappa shape index (κ3) is 3.91. The highest BCUT2D eigenvalue weighted by Crippen LogP contribution is 2.25. The number of carbonyl (C=O) groups excluding carboxylic acids is 2. The van der Waals surface area contributed by atoms with Crippen molar-refractivity contribution in [3.05, 3.63) is 35.4 Å². The number of esters is 1. The fraction of sp³-hybridized carbons (Fsp3) is 0.400. The molecule has 0 bridgehead atoms. The lowest BCUT2D eigenvalue weighted by Crippen LogP contribution is -2.31. The quantitative estimate of drug-likeness (QED) is 0.675. The monoisotopic (exact) mass is 278 g/mol. The number of ether oxygens (including phenoxy) is 1. The minimum Gasteiger partial charge on any atom is -0.478 e. The number of hydrogen-bond acceptors (Lipinski definition) is 4. The van der Waals surface area contributed by atoms with E-state index in [2.05, 4.69) is 0 Å². The van der Waals surface area contributed by atoms with Crippen molar-refractivity contribution < 1.29 is 24.2 Å².